The third kappa shape index (κ3) is 5.76. The number of piperazine rings is 1. The van der Waals surface area contributed by atoms with Gasteiger partial charge in [0.15, 0.2) is 0 Å². The van der Waals surface area contributed by atoms with Crippen molar-refractivity contribution in [2.24, 2.45) is 0 Å². The van der Waals surface area contributed by atoms with Crippen LogP contribution in [0.3, 0.4) is 0 Å². The molecule has 0 spiro atoms. The SMILES string of the molecule is CCN1CCN(CC(=O)N(Cc2ccccc2F)C(C)COC)CC1. The average molecular weight is 351 g/mol. The second-order valence-corrected chi connectivity index (χ2v) is 6.63. The van der Waals surface area contributed by atoms with E-state index in [9.17, 15) is 9.18 Å². The highest BCUT2D eigenvalue weighted by molar-refractivity contribution is 5.78. The van der Waals surface area contributed by atoms with Gasteiger partial charge < -0.3 is 14.5 Å². The first kappa shape index (κ1) is 19.8. The molecule has 5 nitrogen and oxygen atoms in total. The summed E-state index contributed by atoms with van der Waals surface area (Å²) < 4.78 is 19.2. The predicted molar refractivity (Wildman–Crippen MR) is 96.8 cm³/mol. The molecule has 1 unspecified atom stereocenters. The molecule has 0 radical (unpaired) electrons. The average Bonchev–Trinajstić information content (AvgIpc) is 2.61. The van der Waals surface area contributed by atoms with Crippen molar-refractivity contribution in [1.82, 2.24) is 14.7 Å². The van der Waals surface area contributed by atoms with E-state index in [-0.39, 0.29) is 24.3 Å². The van der Waals surface area contributed by atoms with Gasteiger partial charge in [0, 0.05) is 45.4 Å². The molecule has 0 N–H and O–H groups in total. The van der Waals surface area contributed by atoms with Crippen molar-refractivity contribution < 1.29 is 13.9 Å². The van der Waals surface area contributed by atoms with Gasteiger partial charge in [-0.1, -0.05) is 25.1 Å². The Morgan fingerprint density at radius 1 is 1.24 bits per heavy atom. The van der Waals surface area contributed by atoms with Gasteiger partial charge in [-0.25, -0.2) is 4.39 Å². The van der Waals surface area contributed by atoms with Gasteiger partial charge in [-0.2, -0.15) is 0 Å². The fraction of sp³-hybridized carbons (Fsp3) is 0.632. The van der Waals surface area contributed by atoms with Crippen molar-refractivity contribution in [3.8, 4) is 0 Å². The Bertz CT molecular complexity index is 547. The molecule has 1 aliphatic rings. The number of methoxy groups -OCH3 is 1. The first-order valence-electron chi connectivity index (χ1n) is 9.01. The lowest BCUT2D eigenvalue weighted by atomic mass is 10.1. The topological polar surface area (TPSA) is 36.0 Å². The lowest BCUT2D eigenvalue weighted by molar-refractivity contribution is -0.136. The van der Waals surface area contributed by atoms with E-state index < -0.39 is 0 Å². The van der Waals surface area contributed by atoms with Crippen molar-refractivity contribution in [3.63, 3.8) is 0 Å². The summed E-state index contributed by atoms with van der Waals surface area (Å²) in [7, 11) is 1.62. The first-order chi connectivity index (χ1) is 12.0. The Kier molecular flexibility index (Phi) is 7.81. The Balaban J connectivity index is 2.02. The van der Waals surface area contributed by atoms with Gasteiger partial charge in [0.1, 0.15) is 5.82 Å². The van der Waals surface area contributed by atoms with E-state index in [1.807, 2.05) is 6.92 Å². The number of benzene rings is 1. The molecule has 0 saturated carbocycles. The number of amides is 1. The molecule has 6 heteroatoms. The molecule has 1 atom stereocenters. The van der Waals surface area contributed by atoms with Crippen molar-refractivity contribution in [3.05, 3.63) is 35.6 Å². The molecule has 2 rings (SSSR count). The van der Waals surface area contributed by atoms with Crippen LogP contribution in [0.4, 0.5) is 4.39 Å². The van der Waals surface area contributed by atoms with Crippen LogP contribution in [0.1, 0.15) is 19.4 Å². The molecule has 1 heterocycles. The number of hydrogen-bond donors (Lipinski definition) is 0. The highest BCUT2D eigenvalue weighted by Gasteiger charge is 2.25. The smallest absolute Gasteiger partial charge is 0.237 e. The van der Waals surface area contributed by atoms with Crippen molar-refractivity contribution in [2.45, 2.75) is 26.4 Å². The number of hydrogen-bond acceptors (Lipinski definition) is 4. The number of likely N-dealkylation sites (N-methyl/N-ethyl adjacent to an activating group) is 1. The van der Waals surface area contributed by atoms with Gasteiger partial charge in [-0.05, 0) is 19.5 Å². The minimum Gasteiger partial charge on any atom is -0.383 e. The fourth-order valence-electron chi connectivity index (χ4n) is 3.18. The van der Waals surface area contributed by atoms with Crippen LogP contribution in [0.25, 0.3) is 0 Å². The molecule has 1 amide bonds. The standard InChI is InChI=1S/C19H30FN3O2/c1-4-21-9-11-22(12-10-21)14-19(24)23(16(2)15-25-3)13-17-7-5-6-8-18(17)20/h5-8,16H,4,9-15H2,1-3H3. The number of rotatable bonds is 8. The van der Waals surface area contributed by atoms with Crippen molar-refractivity contribution >= 4 is 5.91 Å². The fourth-order valence-corrected chi connectivity index (χ4v) is 3.18. The predicted octanol–water partition coefficient (Wildman–Crippen LogP) is 1.83. The molecule has 1 saturated heterocycles. The second-order valence-electron chi connectivity index (χ2n) is 6.63. The molecule has 1 aromatic rings. The zero-order chi connectivity index (χ0) is 18.2. The Morgan fingerprint density at radius 2 is 1.88 bits per heavy atom. The van der Waals surface area contributed by atoms with Crippen LogP contribution in [0.15, 0.2) is 24.3 Å². The second kappa shape index (κ2) is 9.85. The van der Waals surface area contributed by atoms with Crippen LogP contribution in [0, 0.1) is 5.82 Å². The van der Waals surface area contributed by atoms with Gasteiger partial charge >= 0.3 is 0 Å². The molecule has 25 heavy (non-hydrogen) atoms. The molecule has 1 aromatic carbocycles. The summed E-state index contributed by atoms with van der Waals surface area (Å²) in [4.78, 5) is 19.2. The molecule has 1 fully saturated rings. The normalized spacial score (nSPS) is 17.4. The highest BCUT2D eigenvalue weighted by atomic mass is 19.1. The van der Waals surface area contributed by atoms with Crippen LogP contribution >= 0.6 is 0 Å². The third-order valence-electron chi connectivity index (χ3n) is 4.83. The zero-order valence-corrected chi connectivity index (χ0v) is 15.6. The van der Waals surface area contributed by atoms with Crippen LogP contribution in [0.5, 0.6) is 0 Å². The largest absolute Gasteiger partial charge is 0.383 e. The Labute approximate surface area is 150 Å². The van der Waals surface area contributed by atoms with Crippen LogP contribution in [-0.2, 0) is 16.1 Å². The van der Waals surface area contributed by atoms with Crippen molar-refractivity contribution in [1.29, 1.82) is 0 Å². The Morgan fingerprint density at radius 3 is 2.48 bits per heavy atom. The molecule has 0 aliphatic carbocycles. The van der Waals surface area contributed by atoms with E-state index in [1.165, 1.54) is 6.07 Å². The summed E-state index contributed by atoms with van der Waals surface area (Å²) in [6, 6.07) is 6.52. The van der Waals surface area contributed by atoms with Gasteiger partial charge in [-0.3, -0.25) is 9.69 Å². The van der Waals surface area contributed by atoms with Gasteiger partial charge in [0.2, 0.25) is 5.91 Å². The quantitative estimate of drug-likeness (QED) is 0.716. The van der Waals surface area contributed by atoms with Crippen LogP contribution in [0.2, 0.25) is 0 Å². The van der Waals surface area contributed by atoms with E-state index in [0.717, 1.165) is 32.7 Å². The summed E-state index contributed by atoms with van der Waals surface area (Å²) in [5, 5.41) is 0. The lowest BCUT2D eigenvalue weighted by Gasteiger charge is -2.36. The highest BCUT2D eigenvalue weighted by Crippen LogP contribution is 2.14. The number of nitrogens with zero attached hydrogens (tertiary/aromatic N) is 3. The molecule has 0 aromatic heterocycles. The summed E-state index contributed by atoms with van der Waals surface area (Å²) in [5.74, 6) is -0.251. The molecular weight excluding hydrogens is 321 g/mol. The van der Waals surface area contributed by atoms with E-state index in [0.29, 0.717) is 18.7 Å². The van der Waals surface area contributed by atoms with E-state index >= 15 is 0 Å². The summed E-state index contributed by atoms with van der Waals surface area (Å²) in [6.07, 6.45) is 0. The van der Waals surface area contributed by atoms with Gasteiger partial charge in [0.05, 0.1) is 19.2 Å². The van der Waals surface area contributed by atoms with E-state index in [1.54, 1.807) is 30.2 Å². The van der Waals surface area contributed by atoms with Crippen molar-refractivity contribution in [2.75, 3.05) is 53.0 Å². The molecular formula is C19H30FN3O2. The third-order valence-corrected chi connectivity index (χ3v) is 4.83. The summed E-state index contributed by atoms with van der Waals surface area (Å²) in [5.41, 5.74) is 0.537. The first-order valence-corrected chi connectivity index (χ1v) is 9.01. The van der Waals surface area contributed by atoms with Gasteiger partial charge in [0.25, 0.3) is 0 Å². The molecule has 1 aliphatic heterocycles. The minimum absolute atomic E-state index is 0.0257. The summed E-state index contributed by atoms with van der Waals surface area (Å²) >= 11 is 0. The molecule has 140 valence electrons. The van der Waals surface area contributed by atoms with E-state index in [2.05, 4.69) is 16.7 Å². The maximum Gasteiger partial charge on any atom is 0.237 e. The van der Waals surface area contributed by atoms with Crippen LogP contribution < -0.4 is 0 Å². The zero-order valence-electron chi connectivity index (χ0n) is 15.6. The Hall–Kier alpha value is -1.50. The van der Waals surface area contributed by atoms with Crippen LogP contribution in [-0.4, -0.2) is 79.6 Å². The minimum atomic E-state index is -0.276. The lowest BCUT2D eigenvalue weighted by Crippen LogP contribution is -2.51. The van der Waals surface area contributed by atoms with Gasteiger partial charge in [-0.15, -0.1) is 0 Å². The number of carbonyl (C=O) groups excluding carboxylic acids is 1. The number of ether oxygens (including phenoxy) is 1. The molecule has 0 bridgehead atoms. The maximum absolute atomic E-state index is 14.0. The maximum atomic E-state index is 14.0. The summed E-state index contributed by atoms with van der Waals surface area (Å²) in [6.45, 7) is 9.99. The van der Waals surface area contributed by atoms with E-state index in [4.69, 9.17) is 4.74 Å². The number of carbonyl (C=O) groups is 1. The monoisotopic (exact) mass is 351 g/mol. The number of halogens is 1.